The van der Waals surface area contributed by atoms with Gasteiger partial charge in [0, 0.05) is 13.5 Å². The minimum absolute atomic E-state index is 0.213. The monoisotopic (exact) mass is 305 g/mol. The summed E-state index contributed by atoms with van der Waals surface area (Å²) in [4.78, 5) is 25.4. The van der Waals surface area contributed by atoms with Gasteiger partial charge in [0.15, 0.2) is 0 Å². The number of hydrogen-bond donors (Lipinski definition) is 1. The molecule has 1 aliphatic rings. The van der Waals surface area contributed by atoms with Crippen molar-refractivity contribution in [2.24, 2.45) is 5.92 Å². The molecular formula is C17H23NO4. The van der Waals surface area contributed by atoms with E-state index < -0.39 is 17.6 Å². The minimum Gasteiger partial charge on any atom is -0.479 e. The maximum Gasteiger partial charge on any atom is 0.410 e. The van der Waals surface area contributed by atoms with Crippen LogP contribution in [0.3, 0.4) is 0 Å². The lowest BCUT2D eigenvalue weighted by atomic mass is 9.77. The third-order valence-corrected chi connectivity index (χ3v) is 4.26. The topological polar surface area (TPSA) is 66.8 Å². The lowest BCUT2D eigenvalue weighted by Crippen LogP contribution is -2.58. The van der Waals surface area contributed by atoms with Gasteiger partial charge in [-0.2, -0.15) is 0 Å². The van der Waals surface area contributed by atoms with Crippen LogP contribution < -0.4 is 0 Å². The first-order chi connectivity index (χ1) is 10.4. The van der Waals surface area contributed by atoms with Crippen molar-refractivity contribution >= 4 is 12.1 Å². The van der Waals surface area contributed by atoms with Crippen molar-refractivity contribution in [2.75, 3.05) is 13.7 Å². The summed E-state index contributed by atoms with van der Waals surface area (Å²) in [6.45, 7) is 4.17. The molecule has 0 aliphatic heterocycles. The second kappa shape index (κ2) is 6.38. The molecule has 5 nitrogen and oxygen atoms in total. The molecule has 0 heterocycles. The van der Waals surface area contributed by atoms with Crippen LogP contribution >= 0.6 is 0 Å². The van der Waals surface area contributed by atoms with Gasteiger partial charge >= 0.3 is 12.1 Å². The molecular weight excluding hydrogens is 282 g/mol. The minimum atomic E-state index is -1.23. The second-order valence-electron chi connectivity index (χ2n) is 6.31. The average Bonchev–Trinajstić information content (AvgIpc) is 2.51. The Balaban J connectivity index is 2.23. The number of fused-ring (bicyclic) bond motifs is 1. The molecule has 2 rings (SSSR count). The molecule has 0 spiro atoms. The molecule has 0 saturated heterocycles. The second-order valence-corrected chi connectivity index (χ2v) is 6.31. The summed E-state index contributed by atoms with van der Waals surface area (Å²) in [5.41, 5.74) is 0.908. The van der Waals surface area contributed by atoms with Crippen molar-refractivity contribution in [1.29, 1.82) is 0 Å². The number of hydrogen-bond acceptors (Lipinski definition) is 3. The normalized spacial score (nSPS) is 20.4. The van der Waals surface area contributed by atoms with Crippen LogP contribution in [-0.2, 0) is 22.4 Å². The van der Waals surface area contributed by atoms with Gasteiger partial charge in [0.05, 0.1) is 6.61 Å². The van der Waals surface area contributed by atoms with Crippen LogP contribution in [0.15, 0.2) is 24.3 Å². The van der Waals surface area contributed by atoms with E-state index in [0.717, 1.165) is 11.1 Å². The molecule has 0 aromatic heterocycles. The van der Waals surface area contributed by atoms with E-state index in [0.29, 0.717) is 19.3 Å². The van der Waals surface area contributed by atoms with Gasteiger partial charge in [0.2, 0.25) is 0 Å². The van der Waals surface area contributed by atoms with Crippen LogP contribution in [0.2, 0.25) is 0 Å². The molecule has 0 bridgehead atoms. The standard InChI is InChI=1S/C17H23NO4/c1-12(2)11-22-16(21)18(3)17(15(19)20)9-8-13-6-4-5-7-14(13)10-17/h4-7,12H,8-11H2,1-3H3,(H,19,20). The maximum atomic E-state index is 12.2. The van der Waals surface area contributed by atoms with E-state index in [1.165, 1.54) is 11.9 Å². The molecule has 0 radical (unpaired) electrons. The van der Waals surface area contributed by atoms with Crippen molar-refractivity contribution < 1.29 is 19.4 Å². The van der Waals surface area contributed by atoms with Crippen LogP contribution in [-0.4, -0.2) is 41.3 Å². The van der Waals surface area contributed by atoms with Crippen LogP contribution in [0.4, 0.5) is 4.79 Å². The Morgan fingerprint density at radius 3 is 2.55 bits per heavy atom. The van der Waals surface area contributed by atoms with Gasteiger partial charge in [0.25, 0.3) is 0 Å². The summed E-state index contributed by atoms with van der Waals surface area (Å²) in [6, 6.07) is 7.79. The quantitative estimate of drug-likeness (QED) is 0.929. The average molecular weight is 305 g/mol. The first-order valence-electron chi connectivity index (χ1n) is 7.57. The van der Waals surface area contributed by atoms with Gasteiger partial charge in [-0.05, 0) is 29.9 Å². The fourth-order valence-electron chi connectivity index (χ4n) is 2.84. The molecule has 120 valence electrons. The molecule has 1 aromatic carbocycles. The fraction of sp³-hybridized carbons (Fsp3) is 0.529. The van der Waals surface area contributed by atoms with Gasteiger partial charge in [-0.15, -0.1) is 0 Å². The van der Waals surface area contributed by atoms with Gasteiger partial charge in [-0.3, -0.25) is 4.90 Å². The molecule has 1 aliphatic carbocycles. The summed E-state index contributed by atoms with van der Waals surface area (Å²) < 4.78 is 5.21. The predicted molar refractivity (Wildman–Crippen MR) is 82.8 cm³/mol. The number of amides is 1. The van der Waals surface area contributed by atoms with E-state index in [2.05, 4.69) is 0 Å². The van der Waals surface area contributed by atoms with Crippen molar-refractivity contribution in [2.45, 2.75) is 38.6 Å². The number of benzene rings is 1. The lowest BCUT2D eigenvalue weighted by molar-refractivity contribution is -0.150. The maximum absolute atomic E-state index is 12.2. The van der Waals surface area contributed by atoms with E-state index in [1.54, 1.807) is 0 Å². The van der Waals surface area contributed by atoms with Crippen molar-refractivity contribution in [3.05, 3.63) is 35.4 Å². The number of aliphatic carboxylic acids is 1. The Morgan fingerprint density at radius 1 is 1.32 bits per heavy atom. The highest BCUT2D eigenvalue weighted by molar-refractivity contribution is 5.85. The van der Waals surface area contributed by atoms with Gasteiger partial charge in [-0.25, -0.2) is 9.59 Å². The number of nitrogens with zero attached hydrogens (tertiary/aromatic N) is 1. The number of carbonyl (C=O) groups excluding carboxylic acids is 1. The first kappa shape index (κ1) is 16.3. The number of ether oxygens (including phenoxy) is 1. The zero-order valence-electron chi connectivity index (χ0n) is 13.3. The zero-order valence-corrected chi connectivity index (χ0v) is 13.3. The summed E-state index contributed by atoms with van der Waals surface area (Å²) >= 11 is 0. The van der Waals surface area contributed by atoms with Crippen LogP contribution in [0.25, 0.3) is 0 Å². The number of likely N-dealkylation sites (N-methyl/N-ethyl adjacent to an activating group) is 1. The molecule has 0 fully saturated rings. The van der Waals surface area contributed by atoms with E-state index in [1.807, 2.05) is 38.1 Å². The molecule has 0 saturated carbocycles. The van der Waals surface area contributed by atoms with Crippen molar-refractivity contribution in [3.8, 4) is 0 Å². The highest BCUT2D eigenvalue weighted by Crippen LogP contribution is 2.33. The van der Waals surface area contributed by atoms with Crippen molar-refractivity contribution in [1.82, 2.24) is 4.90 Å². The van der Waals surface area contributed by atoms with Crippen LogP contribution in [0, 0.1) is 5.92 Å². The summed E-state index contributed by atoms with van der Waals surface area (Å²) in [5, 5.41) is 9.76. The van der Waals surface area contributed by atoms with Gasteiger partial charge in [-0.1, -0.05) is 38.1 Å². The molecule has 1 aromatic rings. The van der Waals surface area contributed by atoms with E-state index >= 15 is 0 Å². The van der Waals surface area contributed by atoms with Crippen LogP contribution in [0.5, 0.6) is 0 Å². The number of rotatable bonds is 4. The van der Waals surface area contributed by atoms with Gasteiger partial charge in [0.1, 0.15) is 5.54 Å². The van der Waals surface area contributed by atoms with E-state index in [4.69, 9.17) is 4.74 Å². The highest BCUT2D eigenvalue weighted by Gasteiger charge is 2.47. The molecule has 1 atom stereocenters. The summed E-state index contributed by atoms with van der Waals surface area (Å²) in [6.07, 6.45) is 0.776. The third-order valence-electron chi connectivity index (χ3n) is 4.26. The third kappa shape index (κ3) is 3.08. The number of carboxylic acids is 1. The molecule has 1 amide bonds. The number of aryl methyl sites for hydroxylation is 1. The highest BCUT2D eigenvalue weighted by atomic mass is 16.6. The molecule has 22 heavy (non-hydrogen) atoms. The zero-order chi connectivity index (χ0) is 16.3. The Hall–Kier alpha value is -2.04. The summed E-state index contributed by atoms with van der Waals surface area (Å²) in [7, 11) is 1.52. The largest absolute Gasteiger partial charge is 0.479 e. The first-order valence-corrected chi connectivity index (χ1v) is 7.57. The fourth-order valence-corrected chi connectivity index (χ4v) is 2.84. The van der Waals surface area contributed by atoms with E-state index in [9.17, 15) is 14.7 Å². The molecule has 5 heteroatoms. The lowest BCUT2D eigenvalue weighted by Gasteiger charge is -2.41. The Labute approximate surface area is 130 Å². The summed E-state index contributed by atoms with van der Waals surface area (Å²) in [5.74, 6) is -0.767. The van der Waals surface area contributed by atoms with Crippen LogP contribution in [0.1, 0.15) is 31.4 Å². The van der Waals surface area contributed by atoms with Crippen molar-refractivity contribution in [3.63, 3.8) is 0 Å². The predicted octanol–water partition coefficient (Wildman–Crippen LogP) is 2.72. The number of carboxylic acid groups (broad SMARTS) is 1. The Kier molecular flexibility index (Phi) is 4.74. The smallest absolute Gasteiger partial charge is 0.410 e. The molecule has 1 N–H and O–H groups in total. The Bertz CT molecular complexity index is 570. The Morgan fingerprint density at radius 2 is 1.95 bits per heavy atom. The SMILES string of the molecule is CC(C)COC(=O)N(C)C1(C(=O)O)CCc2ccccc2C1. The van der Waals surface area contributed by atoms with Gasteiger partial charge < -0.3 is 9.84 Å². The van der Waals surface area contributed by atoms with E-state index in [-0.39, 0.29) is 12.5 Å². The molecule has 1 unspecified atom stereocenters. The number of carbonyl (C=O) groups is 2.